The summed E-state index contributed by atoms with van der Waals surface area (Å²) in [7, 11) is -1.45. The summed E-state index contributed by atoms with van der Waals surface area (Å²) in [5.41, 5.74) is 3.94. The molecule has 0 spiro atoms. The summed E-state index contributed by atoms with van der Waals surface area (Å²) < 4.78 is 2.26. The van der Waals surface area contributed by atoms with Gasteiger partial charge in [0.05, 0.1) is 11.0 Å². The highest BCUT2D eigenvalue weighted by molar-refractivity contribution is 6.59. The third kappa shape index (κ3) is 2.40. The third-order valence-electron chi connectivity index (χ3n) is 4.47. The highest BCUT2D eigenvalue weighted by atomic mass is 16.4. The van der Waals surface area contributed by atoms with Crippen molar-refractivity contribution in [1.82, 2.24) is 4.57 Å². The molecule has 0 bridgehead atoms. The number of hydrogen-bond donors (Lipinski definition) is 2. The van der Waals surface area contributed by atoms with E-state index in [2.05, 4.69) is 34.9 Å². The smallest absolute Gasteiger partial charge is 0.423 e. The van der Waals surface area contributed by atoms with Gasteiger partial charge in [0, 0.05) is 16.5 Å². The zero-order valence-electron chi connectivity index (χ0n) is 12.8. The van der Waals surface area contributed by atoms with Gasteiger partial charge in [-0.3, -0.25) is 0 Å². The molecule has 3 nitrogen and oxygen atoms in total. The van der Waals surface area contributed by atoms with E-state index < -0.39 is 7.12 Å². The van der Waals surface area contributed by atoms with Gasteiger partial charge in [-0.05, 0) is 42.9 Å². The van der Waals surface area contributed by atoms with Crippen LogP contribution in [0.4, 0.5) is 0 Å². The number of hydrogen-bond acceptors (Lipinski definition) is 2. The van der Waals surface area contributed by atoms with Crippen molar-refractivity contribution in [2.75, 3.05) is 0 Å². The van der Waals surface area contributed by atoms with E-state index in [0.717, 1.165) is 34.6 Å². The predicted octanol–water partition coefficient (Wildman–Crippen LogP) is 3.06. The van der Waals surface area contributed by atoms with E-state index in [-0.39, 0.29) is 0 Å². The summed E-state index contributed by atoms with van der Waals surface area (Å²) in [5, 5.41) is 21.1. The molecule has 0 unspecified atom stereocenters. The molecule has 2 N–H and O–H groups in total. The Hall–Kier alpha value is -2.30. The molecule has 2 aromatic carbocycles. The molecule has 114 valence electrons. The molecular weight excluding hydrogens is 285 g/mol. The van der Waals surface area contributed by atoms with Crippen molar-refractivity contribution in [2.24, 2.45) is 0 Å². The maximum Gasteiger partial charge on any atom is 0.488 e. The first-order valence-electron chi connectivity index (χ1n) is 8.02. The SMILES string of the molecule is OB(O)c1ccc2c(c1)c1ccccc1n2C1=CCCCC=C1. The van der Waals surface area contributed by atoms with Gasteiger partial charge in [0.25, 0.3) is 0 Å². The van der Waals surface area contributed by atoms with Gasteiger partial charge < -0.3 is 14.6 Å². The number of fused-ring (bicyclic) bond motifs is 3. The van der Waals surface area contributed by atoms with Crippen LogP contribution in [0.25, 0.3) is 27.5 Å². The van der Waals surface area contributed by atoms with Crippen LogP contribution in [0, 0.1) is 0 Å². The lowest BCUT2D eigenvalue weighted by atomic mass is 9.80. The summed E-state index contributed by atoms with van der Waals surface area (Å²) >= 11 is 0. The molecular formula is C19H18BNO2. The van der Waals surface area contributed by atoms with E-state index >= 15 is 0 Å². The molecule has 0 saturated carbocycles. The molecule has 4 rings (SSSR count). The average Bonchev–Trinajstić information content (AvgIpc) is 2.72. The van der Waals surface area contributed by atoms with Crippen molar-refractivity contribution < 1.29 is 10.0 Å². The van der Waals surface area contributed by atoms with E-state index in [4.69, 9.17) is 0 Å². The van der Waals surface area contributed by atoms with Crippen LogP contribution in [0.5, 0.6) is 0 Å². The molecule has 1 aliphatic rings. The Morgan fingerprint density at radius 2 is 1.74 bits per heavy atom. The number of rotatable bonds is 2. The molecule has 0 saturated heterocycles. The molecule has 1 aromatic heterocycles. The quantitative estimate of drug-likeness (QED) is 0.715. The molecule has 3 aromatic rings. The molecule has 0 radical (unpaired) electrons. The van der Waals surface area contributed by atoms with Gasteiger partial charge in [-0.1, -0.05) is 42.5 Å². The maximum atomic E-state index is 9.47. The number of para-hydroxylation sites is 1. The summed E-state index contributed by atoms with van der Waals surface area (Å²) in [6, 6.07) is 13.9. The van der Waals surface area contributed by atoms with Gasteiger partial charge in [0.2, 0.25) is 0 Å². The molecule has 4 heteroatoms. The molecule has 1 heterocycles. The minimum Gasteiger partial charge on any atom is -0.423 e. The van der Waals surface area contributed by atoms with Gasteiger partial charge in [0.15, 0.2) is 0 Å². The van der Waals surface area contributed by atoms with Gasteiger partial charge in [0.1, 0.15) is 0 Å². The van der Waals surface area contributed by atoms with E-state index in [9.17, 15) is 10.0 Å². The fourth-order valence-electron chi connectivity index (χ4n) is 3.35. The number of aromatic nitrogens is 1. The molecule has 0 fully saturated rings. The predicted molar refractivity (Wildman–Crippen MR) is 96.5 cm³/mol. The minimum absolute atomic E-state index is 0.519. The maximum absolute atomic E-state index is 9.47. The first-order valence-corrected chi connectivity index (χ1v) is 8.02. The monoisotopic (exact) mass is 303 g/mol. The highest BCUT2D eigenvalue weighted by Gasteiger charge is 2.16. The van der Waals surface area contributed by atoms with E-state index in [0.29, 0.717) is 5.46 Å². The zero-order chi connectivity index (χ0) is 15.8. The van der Waals surface area contributed by atoms with Crippen LogP contribution in [0.3, 0.4) is 0 Å². The van der Waals surface area contributed by atoms with Crippen LogP contribution >= 0.6 is 0 Å². The lowest BCUT2D eigenvalue weighted by molar-refractivity contribution is 0.426. The number of allylic oxidation sites excluding steroid dienone is 4. The molecule has 0 amide bonds. The van der Waals surface area contributed by atoms with Crippen LogP contribution in [0.1, 0.15) is 19.3 Å². The topological polar surface area (TPSA) is 45.4 Å². The lowest BCUT2D eigenvalue weighted by Crippen LogP contribution is -2.29. The van der Waals surface area contributed by atoms with Gasteiger partial charge >= 0.3 is 7.12 Å². The first-order chi connectivity index (χ1) is 11.3. The molecule has 0 atom stereocenters. The summed E-state index contributed by atoms with van der Waals surface area (Å²) in [6.07, 6.45) is 10.1. The van der Waals surface area contributed by atoms with Gasteiger partial charge in [-0.2, -0.15) is 0 Å². The van der Waals surface area contributed by atoms with Crippen molar-refractivity contribution in [3.63, 3.8) is 0 Å². The van der Waals surface area contributed by atoms with Crippen LogP contribution < -0.4 is 5.46 Å². The fourth-order valence-corrected chi connectivity index (χ4v) is 3.35. The first kappa shape index (κ1) is 14.3. The minimum atomic E-state index is -1.45. The fraction of sp³-hybridized carbons (Fsp3) is 0.158. The second-order valence-corrected chi connectivity index (χ2v) is 5.97. The van der Waals surface area contributed by atoms with Crippen molar-refractivity contribution in [3.8, 4) is 0 Å². The second-order valence-electron chi connectivity index (χ2n) is 5.97. The summed E-state index contributed by atoms with van der Waals surface area (Å²) in [5.74, 6) is 0. The Morgan fingerprint density at radius 3 is 2.61 bits per heavy atom. The van der Waals surface area contributed by atoms with Crippen LogP contribution in [-0.4, -0.2) is 21.7 Å². The van der Waals surface area contributed by atoms with Gasteiger partial charge in [-0.25, -0.2) is 0 Å². The van der Waals surface area contributed by atoms with Crippen LogP contribution in [0.15, 0.2) is 60.7 Å². The van der Waals surface area contributed by atoms with E-state index in [1.807, 2.05) is 24.3 Å². The Bertz CT molecular complexity index is 937. The Kier molecular flexibility index (Phi) is 3.56. The Balaban J connectivity index is 2.07. The summed E-state index contributed by atoms with van der Waals surface area (Å²) in [6.45, 7) is 0. The highest BCUT2D eigenvalue weighted by Crippen LogP contribution is 2.32. The van der Waals surface area contributed by atoms with E-state index in [1.165, 1.54) is 12.1 Å². The third-order valence-corrected chi connectivity index (χ3v) is 4.47. The van der Waals surface area contributed by atoms with E-state index in [1.54, 1.807) is 6.07 Å². The molecule has 23 heavy (non-hydrogen) atoms. The molecule has 1 aliphatic carbocycles. The normalized spacial score (nSPS) is 15.0. The Morgan fingerprint density at radius 1 is 0.913 bits per heavy atom. The largest absolute Gasteiger partial charge is 0.488 e. The Labute approximate surface area is 135 Å². The zero-order valence-corrected chi connectivity index (χ0v) is 12.8. The van der Waals surface area contributed by atoms with Crippen LogP contribution in [0.2, 0.25) is 0 Å². The number of nitrogens with zero attached hydrogens (tertiary/aromatic N) is 1. The molecule has 0 aliphatic heterocycles. The lowest BCUT2D eigenvalue weighted by Gasteiger charge is -2.09. The standard InChI is InChI=1S/C19H18BNO2/c22-20(23)14-11-12-19-17(13-14)16-9-5-6-10-18(16)21(19)15-7-3-1-2-4-8-15/h3,5-13,22-23H,1-2,4H2. The second kappa shape index (κ2) is 5.72. The van der Waals surface area contributed by atoms with Crippen LogP contribution in [-0.2, 0) is 0 Å². The van der Waals surface area contributed by atoms with Crippen molar-refractivity contribution in [1.29, 1.82) is 0 Å². The van der Waals surface area contributed by atoms with Crippen molar-refractivity contribution in [3.05, 3.63) is 60.7 Å². The van der Waals surface area contributed by atoms with Crippen molar-refractivity contribution >= 4 is 40.1 Å². The summed E-state index contributed by atoms with van der Waals surface area (Å²) in [4.78, 5) is 0. The average molecular weight is 303 g/mol. The van der Waals surface area contributed by atoms with Crippen molar-refractivity contribution in [2.45, 2.75) is 19.3 Å². The number of benzene rings is 2. The van der Waals surface area contributed by atoms with Gasteiger partial charge in [-0.15, -0.1) is 0 Å².